The van der Waals surface area contributed by atoms with Gasteiger partial charge in [0.25, 0.3) is 0 Å². The molecule has 2 unspecified atom stereocenters. The molecular formula is C31H40N8O3S. The van der Waals surface area contributed by atoms with Gasteiger partial charge in [0.2, 0.25) is 5.88 Å². The first-order chi connectivity index (χ1) is 20.9. The Bertz CT molecular complexity index is 1490. The fourth-order valence-electron chi connectivity index (χ4n) is 7.85. The molecular weight excluding hydrogens is 564 g/mol. The van der Waals surface area contributed by atoms with Gasteiger partial charge in [-0.15, -0.1) is 11.3 Å². The standard InChI is InChI=1S/C31H40N8O3S/c1-38-10-4-5-20(38)17-42-25-11-24(39-13-18-15-41-16-19(14-39)35-18)36-30(37-25)27(33)21-6-2-8-31(28(21)40)9-3-7-23-26(31)22(12-32)29(34)43-23/h11,18-20,35H,2-10,13-17,33-34H2,1H3/b27-21-/t18?,19?,20-,31-/m0/s1. The number of hydrogen-bond donors (Lipinski definition) is 3. The normalized spacial score (nSPS) is 30.3. The summed E-state index contributed by atoms with van der Waals surface area (Å²) in [6.45, 7) is 4.40. The monoisotopic (exact) mass is 604 g/mol. The topological polar surface area (TPSA) is 156 Å². The molecule has 43 heavy (non-hydrogen) atoms. The highest BCUT2D eigenvalue weighted by atomic mass is 32.1. The van der Waals surface area contributed by atoms with Gasteiger partial charge in [-0.2, -0.15) is 10.2 Å². The number of morpholine rings is 1. The van der Waals surface area contributed by atoms with Crippen LogP contribution in [0.1, 0.15) is 66.8 Å². The van der Waals surface area contributed by atoms with E-state index in [1.165, 1.54) is 11.3 Å². The number of carbonyl (C=O) groups excluding carboxylic acids is 1. The molecule has 0 amide bonds. The van der Waals surface area contributed by atoms with Gasteiger partial charge in [0.15, 0.2) is 11.6 Å². The van der Waals surface area contributed by atoms with E-state index in [2.05, 4.69) is 28.2 Å². The van der Waals surface area contributed by atoms with E-state index in [1.54, 1.807) is 0 Å². The molecule has 1 saturated carbocycles. The van der Waals surface area contributed by atoms with Crippen LogP contribution >= 0.6 is 11.3 Å². The number of piperazine rings is 1. The quantitative estimate of drug-likeness (QED) is 0.431. The van der Waals surface area contributed by atoms with Crippen LogP contribution in [-0.4, -0.2) is 85.3 Å². The molecule has 2 aromatic heterocycles. The minimum absolute atomic E-state index is 0.00981. The van der Waals surface area contributed by atoms with Gasteiger partial charge in [0.1, 0.15) is 23.5 Å². The highest BCUT2D eigenvalue weighted by molar-refractivity contribution is 7.16. The summed E-state index contributed by atoms with van der Waals surface area (Å²) in [5.74, 6) is 1.54. The number of ether oxygens (including phenoxy) is 2. The zero-order valence-corrected chi connectivity index (χ0v) is 25.5. The van der Waals surface area contributed by atoms with E-state index >= 15 is 0 Å². The average Bonchev–Trinajstić information content (AvgIpc) is 3.58. The lowest BCUT2D eigenvalue weighted by Gasteiger charge is -2.42. The number of aryl methyl sites for hydroxylation is 1. The van der Waals surface area contributed by atoms with E-state index in [0.717, 1.165) is 68.0 Å². The molecule has 3 aliphatic heterocycles. The molecule has 2 aromatic rings. The molecule has 3 saturated heterocycles. The Kier molecular flexibility index (Phi) is 7.53. The van der Waals surface area contributed by atoms with Gasteiger partial charge < -0.3 is 36.1 Å². The predicted molar refractivity (Wildman–Crippen MR) is 165 cm³/mol. The second-order valence-corrected chi connectivity index (χ2v) is 13.9. The van der Waals surface area contributed by atoms with Crippen molar-refractivity contribution in [3.8, 4) is 11.9 Å². The number of Topliss-reactive ketones (excluding diaryl/α,β-unsaturated/α-hetero) is 1. The number of fused-ring (bicyclic) bond motifs is 4. The van der Waals surface area contributed by atoms with Gasteiger partial charge in [-0.25, -0.2) is 4.98 Å². The zero-order valence-electron chi connectivity index (χ0n) is 24.7. The number of nitrogens with two attached hydrogens (primary N) is 2. The minimum atomic E-state index is -0.773. The second kappa shape index (κ2) is 11.4. The highest BCUT2D eigenvalue weighted by Gasteiger charge is 2.49. The summed E-state index contributed by atoms with van der Waals surface area (Å²) in [5, 5.41) is 14.1. The molecule has 12 heteroatoms. The first-order valence-corrected chi connectivity index (χ1v) is 16.3. The molecule has 0 radical (unpaired) electrons. The van der Waals surface area contributed by atoms with Gasteiger partial charge in [-0.1, -0.05) is 0 Å². The van der Waals surface area contributed by atoms with Gasteiger partial charge in [0, 0.05) is 47.7 Å². The summed E-state index contributed by atoms with van der Waals surface area (Å²) in [5.41, 5.74) is 14.5. The first-order valence-electron chi connectivity index (χ1n) is 15.5. The largest absolute Gasteiger partial charge is 0.476 e. The van der Waals surface area contributed by atoms with Crippen LogP contribution in [0.4, 0.5) is 10.8 Å². The van der Waals surface area contributed by atoms with Crippen molar-refractivity contribution in [2.45, 2.75) is 74.9 Å². The summed E-state index contributed by atoms with van der Waals surface area (Å²) in [6, 6.07) is 4.97. The van der Waals surface area contributed by atoms with E-state index in [9.17, 15) is 10.1 Å². The van der Waals surface area contributed by atoms with Gasteiger partial charge in [-0.3, -0.25) is 4.79 Å². The number of nitrogens with zero attached hydrogens (tertiary/aromatic N) is 5. The third-order valence-corrected chi connectivity index (χ3v) is 11.1. The lowest BCUT2D eigenvalue weighted by atomic mass is 9.61. The van der Waals surface area contributed by atoms with Crippen molar-refractivity contribution >= 4 is 33.6 Å². The summed E-state index contributed by atoms with van der Waals surface area (Å²) >= 11 is 1.45. The van der Waals surface area contributed by atoms with Crippen LogP contribution < -0.4 is 26.4 Å². The zero-order chi connectivity index (χ0) is 29.7. The van der Waals surface area contributed by atoms with E-state index in [0.29, 0.717) is 78.7 Å². The molecule has 228 valence electrons. The third-order valence-electron chi connectivity index (χ3n) is 10.0. The number of allylic oxidation sites excluding steroid dienone is 1. The number of rotatable bonds is 5. The number of ketones is 1. The maximum atomic E-state index is 14.5. The Labute approximate surface area is 256 Å². The molecule has 2 aliphatic carbocycles. The number of nitriles is 1. The highest BCUT2D eigenvalue weighted by Crippen LogP contribution is 2.52. The number of carbonyl (C=O) groups is 1. The fourth-order valence-corrected chi connectivity index (χ4v) is 9.01. The van der Waals surface area contributed by atoms with E-state index < -0.39 is 5.41 Å². The Morgan fingerprint density at radius 2 is 2.00 bits per heavy atom. The maximum absolute atomic E-state index is 14.5. The van der Waals surface area contributed by atoms with Crippen LogP contribution in [-0.2, 0) is 21.4 Å². The van der Waals surface area contributed by atoms with Crippen molar-refractivity contribution in [1.82, 2.24) is 20.2 Å². The smallest absolute Gasteiger partial charge is 0.219 e. The molecule has 4 atom stereocenters. The predicted octanol–water partition coefficient (Wildman–Crippen LogP) is 2.34. The first kappa shape index (κ1) is 28.5. The lowest BCUT2D eigenvalue weighted by molar-refractivity contribution is -0.122. The number of likely N-dealkylation sites (tertiary alicyclic amines) is 1. The Balaban J connectivity index is 1.26. The number of anilines is 2. The molecule has 7 rings (SSSR count). The van der Waals surface area contributed by atoms with Crippen molar-refractivity contribution in [3.63, 3.8) is 0 Å². The molecule has 5 aliphatic rings. The number of nitrogen functional groups attached to an aromatic ring is 1. The number of hydrogen-bond acceptors (Lipinski definition) is 12. The molecule has 1 spiro atoms. The Morgan fingerprint density at radius 1 is 1.23 bits per heavy atom. The van der Waals surface area contributed by atoms with Crippen molar-refractivity contribution in [3.05, 3.63) is 33.5 Å². The molecule has 5 N–H and O–H groups in total. The lowest BCUT2D eigenvalue weighted by Crippen LogP contribution is -2.63. The summed E-state index contributed by atoms with van der Waals surface area (Å²) in [6.07, 6.45) is 6.69. The number of likely N-dealkylation sites (N-methyl/N-ethyl adjacent to an activating group) is 1. The van der Waals surface area contributed by atoms with Crippen LogP contribution in [0.5, 0.6) is 5.88 Å². The average molecular weight is 605 g/mol. The molecule has 0 aromatic carbocycles. The Hall–Kier alpha value is -3.24. The molecule has 4 fully saturated rings. The van der Waals surface area contributed by atoms with Crippen molar-refractivity contribution in [2.24, 2.45) is 5.73 Å². The van der Waals surface area contributed by atoms with Crippen LogP contribution in [0.25, 0.3) is 5.70 Å². The van der Waals surface area contributed by atoms with Gasteiger partial charge in [-0.05, 0) is 70.5 Å². The molecule has 2 bridgehead atoms. The van der Waals surface area contributed by atoms with Crippen molar-refractivity contribution < 1.29 is 14.3 Å². The number of aromatic nitrogens is 2. The van der Waals surface area contributed by atoms with E-state index in [1.807, 2.05) is 6.07 Å². The van der Waals surface area contributed by atoms with Crippen LogP contribution in [0.15, 0.2) is 11.6 Å². The third kappa shape index (κ3) is 5.06. The SMILES string of the molecule is CN1CCC[C@H]1COc1cc(N2CC3COCC(C2)N3)nc(/C(N)=C2\CCC[C@@]3(CCCc4sc(N)c(C#N)c43)C2=O)n1. The van der Waals surface area contributed by atoms with Crippen molar-refractivity contribution in [1.29, 1.82) is 5.26 Å². The molecule has 5 heterocycles. The molecule has 11 nitrogen and oxygen atoms in total. The maximum Gasteiger partial charge on any atom is 0.219 e. The van der Waals surface area contributed by atoms with Crippen LogP contribution in [0, 0.1) is 11.3 Å². The van der Waals surface area contributed by atoms with E-state index in [-0.39, 0.29) is 17.9 Å². The van der Waals surface area contributed by atoms with E-state index in [4.69, 9.17) is 30.9 Å². The minimum Gasteiger partial charge on any atom is -0.476 e. The summed E-state index contributed by atoms with van der Waals surface area (Å²) in [7, 11) is 2.13. The van der Waals surface area contributed by atoms with Crippen LogP contribution in [0.3, 0.4) is 0 Å². The summed E-state index contributed by atoms with van der Waals surface area (Å²) in [4.78, 5) is 29.9. The second-order valence-electron chi connectivity index (χ2n) is 12.7. The number of nitrogens with one attached hydrogen (secondary N) is 1. The summed E-state index contributed by atoms with van der Waals surface area (Å²) < 4.78 is 12.1. The Morgan fingerprint density at radius 3 is 2.72 bits per heavy atom. The number of thiophene rings is 1. The van der Waals surface area contributed by atoms with Crippen LogP contribution in [0.2, 0.25) is 0 Å². The fraction of sp³-hybridized carbons (Fsp3) is 0.613. The van der Waals surface area contributed by atoms with Crippen molar-refractivity contribution in [2.75, 3.05) is 57.1 Å². The van der Waals surface area contributed by atoms with Gasteiger partial charge in [0.05, 0.1) is 29.9 Å². The van der Waals surface area contributed by atoms with Gasteiger partial charge >= 0.3 is 0 Å².